The molecule has 4 atom stereocenters. The molecular weight excluding hydrogens is 170 g/mol. The van der Waals surface area contributed by atoms with Crippen LogP contribution in [-0.4, -0.2) is 12.1 Å². The van der Waals surface area contributed by atoms with Gasteiger partial charge in [0.25, 0.3) is 0 Å². The number of rotatable bonds is 3. The van der Waals surface area contributed by atoms with Gasteiger partial charge < -0.3 is 5.32 Å². The lowest BCUT2D eigenvalue weighted by Gasteiger charge is -2.26. The lowest BCUT2D eigenvalue weighted by Crippen LogP contribution is -2.41. The summed E-state index contributed by atoms with van der Waals surface area (Å²) in [7, 11) is 0. The van der Waals surface area contributed by atoms with E-state index in [-0.39, 0.29) is 0 Å². The second-order valence-corrected chi connectivity index (χ2v) is 5.39. The molecule has 14 heavy (non-hydrogen) atoms. The lowest BCUT2D eigenvalue weighted by molar-refractivity contribution is 0.316. The average molecular weight is 195 g/mol. The SMILES string of the molecule is CCC1CCCC1NC1CCCC1C. The molecule has 0 spiro atoms. The molecule has 2 rings (SSSR count). The molecule has 2 fully saturated rings. The fourth-order valence-electron chi connectivity index (χ4n) is 3.41. The van der Waals surface area contributed by atoms with Crippen molar-refractivity contribution in [3.63, 3.8) is 0 Å². The predicted octanol–water partition coefficient (Wildman–Crippen LogP) is 3.34. The van der Waals surface area contributed by atoms with Gasteiger partial charge in [-0.3, -0.25) is 0 Å². The number of hydrogen-bond acceptors (Lipinski definition) is 1. The van der Waals surface area contributed by atoms with E-state index in [4.69, 9.17) is 0 Å². The van der Waals surface area contributed by atoms with E-state index < -0.39 is 0 Å². The molecule has 2 aliphatic rings. The summed E-state index contributed by atoms with van der Waals surface area (Å²) in [6.45, 7) is 4.77. The molecule has 0 aromatic carbocycles. The van der Waals surface area contributed by atoms with Crippen molar-refractivity contribution in [2.24, 2.45) is 11.8 Å². The van der Waals surface area contributed by atoms with Crippen molar-refractivity contribution in [2.75, 3.05) is 0 Å². The summed E-state index contributed by atoms with van der Waals surface area (Å²) in [5.41, 5.74) is 0. The maximum atomic E-state index is 3.93. The monoisotopic (exact) mass is 195 g/mol. The Hall–Kier alpha value is -0.0400. The van der Waals surface area contributed by atoms with Crippen LogP contribution in [0.15, 0.2) is 0 Å². The summed E-state index contributed by atoms with van der Waals surface area (Å²) in [6, 6.07) is 1.69. The zero-order valence-electron chi connectivity index (χ0n) is 9.76. The zero-order chi connectivity index (χ0) is 9.97. The van der Waals surface area contributed by atoms with Crippen molar-refractivity contribution in [1.82, 2.24) is 5.32 Å². The Bertz CT molecular complexity index is 178. The molecule has 82 valence electrons. The first-order valence-corrected chi connectivity index (χ1v) is 6.57. The first kappa shape index (κ1) is 10.5. The second-order valence-electron chi connectivity index (χ2n) is 5.39. The molecular formula is C13H25N. The van der Waals surface area contributed by atoms with E-state index in [0.29, 0.717) is 0 Å². The molecule has 0 saturated heterocycles. The smallest absolute Gasteiger partial charge is 0.00979 e. The van der Waals surface area contributed by atoms with E-state index in [1.807, 2.05) is 0 Å². The van der Waals surface area contributed by atoms with Gasteiger partial charge in [0.15, 0.2) is 0 Å². The standard InChI is InChI=1S/C13H25N/c1-3-11-7-5-9-13(11)14-12-8-4-6-10(12)2/h10-14H,3-9H2,1-2H3. The van der Waals surface area contributed by atoms with Crippen LogP contribution >= 0.6 is 0 Å². The van der Waals surface area contributed by atoms with E-state index in [0.717, 1.165) is 23.9 Å². The average Bonchev–Trinajstić information content (AvgIpc) is 2.77. The van der Waals surface area contributed by atoms with Gasteiger partial charge in [0, 0.05) is 12.1 Å². The molecule has 0 heterocycles. The molecule has 0 amide bonds. The van der Waals surface area contributed by atoms with Crippen LogP contribution in [0.5, 0.6) is 0 Å². The van der Waals surface area contributed by atoms with Crippen LogP contribution in [0, 0.1) is 11.8 Å². The summed E-state index contributed by atoms with van der Waals surface area (Å²) in [5.74, 6) is 1.90. The van der Waals surface area contributed by atoms with Crippen LogP contribution in [0.25, 0.3) is 0 Å². The second kappa shape index (κ2) is 4.65. The van der Waals surface area contributed by atoms with Gasteiger partial charge in [-0.1, -0.05) is 33.1 Å². The van der Waals surface area contributed by atoms with Gasteiger partial charge in [0.05, 0.1) is 0 Å². The number of hydrogen-bond donors (Lipinski definition) is 1. The molecule has 0 aromatic rings. The summed E-state index contributed by atoms with van der Waals surface area (Å²) in [5, 5.41) is 3.93. The maximum absolute atomic E-state index is 3.93. The van der Waals surface area contributed by atoms with Gasteiger partial charge in [-0.05, 0) is 37.5 Å². The van der Waals surface area contributed by atoms with E-state index in [1.165, 1.54) is 44.9 Å². The first-order chi connectivity index (χ1) is 6.81. The van der Waals surface area contributed by atoms with Crippen molar-refractivity contribution >= 4 is 0 Å². The Labute approximate surface area is 88.7 Å². The van der Waals surface area contributed by atoms with Crippen molar-refractivity contribution < 1.29 is 0 Å². The van der Waals surface area contributed by atoms with Gasteiger partial charge in [0.1, 0.15) is 0 Å². The van der Waals surface area contributed by atoms with Crippen LogP contribution < -0.4 is 5.32 Å². The third-order valence-corrected chi connectivity index (χ3v) is 4.47. The zero-order valence-corrected chi connectivity index (χ0v) is 9.76. The van der Waals surface area contributed by atoms with Gasteiger partial charge in [-0.25, -0.2) is 0 Å². The van der Waals surface area contributed by atoms with Crippen molar-refractivity contribution in [2.45, 2.75) is 70.9 Å². The van der Waals surface area contributed by atoms with Crippen LogP contribution in [0.3, 0.4) is 0 Å². The van der Waals surface area contributed by atoms with Gasteiger partial charge in [0.2, 0.25) is 0 Å². The van der Waals surface area contributed by atoms with Crippen LogP contribution in [0.1, 0.15) is 58.8 Å². The lowest BCUT2D eigenvalue weighted by atomic mass is 9.98. The van der Waals surface area contributed by atoms with Crippen LogP contribution in [0.2, 0.25) is 0 Å². The largest absolute Gasteiger partial charge is 0.311 e. The quantitative estimate of drug-likeness (QED) is 0.728. The minimum atomic E-state index is 0.840. The third kappa shape index (κ3) is 2.13. The minimum Gasteiger partial charge on any atom is -0.311 e. The topological polar surface area (TPSA) is 12.0 Å². The molecule has 4 unspecified atom stereocenters. The Kier molecular flexibility index (Phi) is 3.48. The maximum Gasteiger partial charge on any atom is 0.00979 e. The fourth-order valence-corrected chi connectivity index (χ4v) is 3.41. The van der Waals surface area contributed by atoms with Crippen molar-refractivity contribution in [1.29, 1.82) is 0 Å². The fraction of sp³-hybridized carbons (Fsp3) is 1.00. The Balaban J connectivity index is 1.83. The summed E-state index contributed by atoms with van der Waals surface area (Å²) < 4.78 is 0. The predicted molar refractivity (Wildman–Crippen MR) is 61.4 cm³/mol. The number of nitrogens with one attached hydrogen (secondary N) is 1. The van der Waals surface area contributed by atoms with Gasteiger partial charge in [-0.2, -0.15) is 0 Å². The Morgan fingerprint density at radius 3 is 2.36 bits per heavy atom. The highest BCUT2D eigenvalue weighted by Gasteiger charge is 2.31. The van der Waals surface area contributed by atoms with Gasteiger partial charge >= 0.3 is 0 Å². The van der Waals surface area contributed by atoms with E-state index in [2.05, 4.69) is 19.2 Å². The first-order valence-electron chi connectivity index (χ1n) is 6.57. The van der Waals surface area contributed by atoms with Crippen LogP contribution in [-0.2, 0) is 0 Å². The molecule has 1 N–H and O–H groups in total. The van der Waals surface area contributed by atoms with E-state index in [1.54, 1.807) is 0 Å². The molecule has 0 radical (unpaired) electrons. The third-order valence-electron chi connectivity index (χ3n) is 4.47. The van der Waals surface area contributed by atoms with Crippen molar-refractivity contribution in [3.8, 4) is 0 Å². The van der Waals surface area contributed by atoms with Crippen LogP contribution in [0.4, 0.5) is 0 Å². The van der Waals surface area contributed by atoms with Gasteiger partial charge in [-0.15, -0.1) is 0 Å². The molecule has 2 aliphatic carbocycles. The van der Waals surface area contributed by atoms with E-state index >= 15 is 0 Å². The highest BCUT2D eigenvalue weighted by Crippen LogP contribution is 2.32. The summed E-state index contributed by atoms with van der Waals surface area (Å²) in [6.07, 6.45) is 10.0. The van der Waals surface area contributed by atoms with E-state index in [9.17, 15) is 0 Å². The Morgan fingerprint density at radius 2 is 1.71 bits per heavy atom. The minimum absolute atomic E-state index is 0.840. The Morgan fingerprint density at radius 1 is 1.00 bits per heavy atom. The van der Waals surface area contributed by atoms with Crippen molar-refractivity contribution in [3.05, 3.63) is 0 Å². The summed E-state index contributed by atoms with van der Waals surface area (Å²) >= 11 is 0. The highest BCUT2D eigenvalue weighted by molar-refractivity contribution is 4.88. The molecule has 1 heteroatoms. The highest BCUT2D eigenvalue weighted by atomic mass is 15.0. The summed E-state index contributed by atoms with van der Waals surface area (Å²) in [4.78, 5) is 0. The normalized spacial score (nSPS) is 43.3. The molecule has 0 bridgehead atoms. The molecule has 0 aromatic heterocycles. The molecule has 2 saturated carbocycles. The molecule has 1 nitrogen and oxygen atoms in total. The molecule has 0 aliphatic heterocycles.